The van der Waals surface area contributed by atoms with Gasteiger partial charge in [0.1, 0.15) is 0 Å². The first kappa shape index (κ1) is 18.8. The van der Waals surface area contributed by atoms with Crippen LogP contribution in [0.5, 0.6) is 0 Å². The third-order valence-corrected chi connectivity index (χ3v) is 4.69. The molecular formula is C17H12N2O6S. The lowest BCUT2D eigenvalue weighted by Gasteiger charge is -2.09. The Hall–Kier alpha value is -3.51. The Morgan fingerprint density at radius 2 is 1.73 bits per heavy atom. The quantitative estimate of drug-likeness (QED) is 0.427. The monoisotopic (exact) mass is 372 g/mol. The molecule has 0 heterocycles. The number of nitrogens with one attached hydrogen (secondary N) is 1. The molecule has 0 saturated carbocycles. The zero-order valence-electron chi connectivity index (χ0n) is 13.2. The van der Waals surface area contributed by atoms with Gasteiger partial charge >= 0.3 is 5.97 Å². The van der Waals surface area contributed by atoms with Crippen LogP contribution < -0.4 is 4.72 Å². The Labute approximate surface area is 148 Å². The number of nitrogens with zero attached hydrogens (tertiary/aromatic N) is 1. The molecule has 0 aromatic heterocycles. The lowest BCUT2D eigenvalue weighted by Crippen LogP contribution is -2.17. The highest BCUT2D eigenvalue weighted by molar-refractivity contribution is 7.92. The zero-order chi connectivity index (χ0) is 19.3. The van der Waals surface area contributed by atoms with Gasteiger partial charge in [0.2, 0.25) is 5.78 Å². The number of hydrogen-bond donors (Lipinski definition) is 2. The molecule has 0 aliphatic rings. The van der Waals surface area contributed by atoms with E-state index in [4.69, 9.17) is 10.4 Å². The summed E-state index contributed by atoms with van der Waals surface area (Å²) in [6.07, 6.45) is -0.818. The fraction of sp³-hybridized carbons (Fsp3) is 0.0588. The van der Waals surface area contributed by atoms with E-state index >= 15 is 0 Å². The molecule has 0 aliphatic heterocycles. The minimum absolute atomic E-state index is 0.000344. The van der Waals surface area contributed by atoms with Crippen LogP contribution in [0.25, 0.3) is 0 Å². The third kappa shape index (κ3) is 4.52. The second-order valence-corrected chi connectivity index (χ2v) is 6.83. The van der Waals surface area contributed by atoms with E-state index in [2.05, 4.69) is 4.72 Å². The van der Waals surface area contributed by atoms with Crippen LogP contribution in [-0.4, -0.2) is 31.1 Å². The fourth-order valence-corrected chi connectivity index (χ4v) is 3.05. The molecule has 8 nitrogen and oxygen atoms in total. The lowest BCUT2D eigenvalue weighted by atomic mass is 10.1. The number of carboxylic acids is 1. The first-order valence-electron chi connectivity index (χ1n) is 7.15. The number of hydrogen-bond acceptors (Lipinski definition) is 6. The number of rotatable bonds is 7. The largest absolute Gasteiger partial charge is 0.475 e. The van der Waals surface area contributed by atoms with Crippen molar-refractivity contribution in [3.8, 4) is 6.07 Å². The van der Waals surface area contributed by atoms with Gasteiger partial charge in [0.05, 0.1) is 22.9 Å². The molecule has 2 aromatic carbocycles. The summed E-state index contributed by atoms with van der Waals surface area (Å²) >= 11 is 0. The van der Waals surface area contributed by atoms with E-state index in [1.54, 1.807) is 0 Å². The molecule has 0 amide bonds. The van der Waals surface area contributed by atoms with Gasteiger partial charge in [-0.15, -0.1) is 0 Å². The molecular weight excluding hydrogens is 360 g/mol. The highest BCUT2D eigenvalue weighted by atomic mass is 32.2. The number of carbonyl (C=O) groups is 3. The molecule has 0 fully saturated rings. The molecule has 2 aromatic rings. The van der Waals surface area contributed by atoms with E-state index in [0.29, 0.717) is 5.56 Å². The van der Waals surface area contributed by atoms with Gasteiger partial charge in [0, 0.05) is 11.3 Å². The van der Waals surface area contributed by atoms with Gasteiger partial charge in [-0.1, -0.05) is 12.1 Å². The van der Waals surface area contributed by atoms with E-state index < -0.39 is 34.0 Å². The van der Waals surface area contributed by atoms with Gasteiger partial charge in [0.15, 0.2) is 5.78 Å². The molecule has 0 saturated heterocycles. The highest BCUT2D eigenvalue weighted by Gasteiger charge is 2.19. The zero-order valence-corrected chi connectivity index (χ0v) is 14.0. The first-order chi connectivity index (χ1) is 12.2. The SMILES string of the molecule is N#Cc1ccc(S(=O)(=O)Nc2cccc(C(=O)CC(=O)C(=O)O)c2)cc1. The molecule has 26 heavy (non-hydrogen) atoms. The van der Waals surface area contributed by atoms with Crippen molar-refractivity contribution in [2.45, 2.75) is 11.3 Å². The van der Waals surface area contributed by atoms with Crippen LogP contribution in [0.3, 0.4) is 0 Å². The Balaban J connectivity index is 2.21. The van der Waals surface area contributed by atoms with Crippen molar-refractivity contribution < 1.29 is 27.9 Å². The Bertz CT molecular complexity index is 1020. The molecule has 2 rings (SSSR count). The highest BCUT2D eigenvalue weighted by Crippen LogP contribution is 2.18. The number of ketones is 2. The molecule has 0 radical (unpaired) electrons. The third-order valence-electron chi connectivity index (χ3n) is 3.29. The average molecular weight is 372 g/mol. The van der Waals surface area contributed by atoms with Crippen molar-refractivity contribution in [2.75, 3.05) is 4.72 Å². The van der Waals surface area contributed by atoms with Crippen molar-refractivity contribution in [1.82, 2.24) is 0 Å². The van der Waals surface area contributed by atoms with Crippen LogP contribution >= 0.6 is 0 Å². The van der Waals surface area contributed by atoms with Gasteiger partial charge in [-0.25, -0.2) is 13.2 Å². The number of aliphatic carboxylic acids is 1. The predicted octanol–water partition coefficient (Wildman–Crippen LogP) is 1.59. The molecule has 2 N–H and O–H groups in total. The number of anilines is 1. The maximum Gasteiger partial charge on any atom is 0.372 e. The Kier molecular flexibility index (Phi) is 5.49. The van der Waals surface area contributed by atoms with Gasteiger partial charge in [0.25, 0.3) is 10.0 Å². The number of nitriles is 1. The average Bonchev–Trinajstić information content (AvgIpc) is 2.61. The number of benzene rings is 2. The van der Waals surface area contributed by atoms with Crippen LogP contribution in [0.15, 0.2) is 53.4 Å². The minimum atomic E-state index is -3.95. The van der Waals surface area contributed by atoms with Crippen molar-refractivity contribution in [3.05, 3.63) is 59.7 Å². The summed E-state index contributed by atoms with van der Waals surface area (Å²) in [4.78, 5) is 33.5. The number of sulfonamides is 1. The maximum absolute atomic E-state index is 12.3. The van der Waals surface area contributed by atoms with Gasteiger partial charge in [-0.3, -0.25) is 14.3 Å². The molecule has 0 aliphatic carbocycles. The van der Waals surface area contributed by atoms with Gasteiger partial charge in [-0.05, 0) is 36.4 Å². The molecule has 0 bridgehead atoms. The molecule has 9 heteroatoms. The summed E-state index contributed by atoms with van der Waals surface area (Å²) in [5.74, 6) is -3.70. The van der Waals surface area contributed by atoms with E-state index in [9.17, 15) is 22.8 Å². The van der Waals surface area contributed by atoms with Crippen LogP contribution in [0.2, 0.25) is 0 Å². The van der Waals surface area contributed by atoms with E-state index in [1.165, 1.54) is 48.5 Å². The standard InChI is InChI=1S/C17H12N2O6S/c18-10-11-4-6-14(7-5-11)26(24,25)19-13-3-1-2-12(8-13)15(20)9-16(21)17(22)23/h1-8,19H,9H2,(H,22,23). The fourth-order valence-electron chi connectivity index (χ4n) is 2.00. The number of carbonyl (C=O) groups excluding carboxylic acids is 2. The summed E-state index contributed by atoms with van der Waals surface area (Å²) in [5, 5.41) is 17.3. The Morgan fingerprint density at radius 3 is 2.31 bits per heavy atom. The number of Topliss-reactive ketones (excluding diaryl/α,β-unsaturated/α-hetero) is 2. The topological polar surface area (TPSA) is 141 Å². The molecule has 0 unspecified atom stereocenters. The van der Waals surface area contributed by atoms with E-state index in [-0.39, 0.29) is 16.1 Å². The maximum atomic E-state index is 12.3. The summed E-state index contributed by atoms with van der Waals surface area (Å²) < 4.78 is 27.0. The minimum Gasteiger partial charge on any atom is -0.475 e. The van der Waals surface area contributed by atoms with Crippen LogP contribution in [0.1, 0.15) is 22.3 Å². The normalized spacial score (nSPS) is 10.6. The lowest BCUT2D eigenvalue weighted by molar-refractivity contribution is -0.148. The van der Waals surface area contributed by atoms with Gasteiger partial charge in [-0.2, -0.15) is 5.26 Å². The second kappa shape index (κ2) is 7.58. The summed E-state index contributed by atoms with van der Waals surface area (Å²) in [7, 11) is -3.95. The van der Waals surface area contributed by atoms with Crippen molar-refractivity contribution >= 4 is 33.2 Å². The number of carboxylic acid groups (broad SMARTS) is 1. The second-order valence-electron chi connectivity index (χ2n) is 5.15. The summed E-state index contributed by atoms with van der Waals surface area (Å²) in [6, 6.07) is 12.5. The van der Waals surface area contributed by atoms with Crippen molar-refractivity contribution in [1.29, 1.82) is 5.26 Å². The van der Waals surface area contributed by atoms with E-state index in [0.717, 1.165) is 0 Å². The Morgan fingerprint density at radius 1 is 1.08 bits per heavy atom. The molecule has 0 atom stereocenters. The van der Waals surface area contributed by atoms with Crippen LogP contribution in [-0.2, 0) is 19.6 Å². The van der Waals surface area contributed by atoms with Gasteiger partial charge < -0.3 is 5.11 Å². The van der Waals surface area contributed by atoms with Crippen molar-refractivity contribution in [3.63, 3.8) is 0 Å². The van der Waals surface area contributed by atoms with E-state index in [1.807, 2.05) is 6.07 Å². The smallest absolute Gasteiger partial charge is 0.372 e. The predicted molar refractivity (Wildman–Crippen MR) is 90.0 cm³/mol. The van der Waals surface area contributed by atoms with Crippen molar-refractivity contribution in [2.24, 2.45) is 0 Å². The summed E-state index contributed by atoms with van der Waals surface area (Å²) in [6.45, 7) is 0. The summed E-state index contributed by atoms with van der Waals surface area (Å²) in [5.41, 5.74) is 0.377. The molecule has 0 spiro atoms. The van der Waals surface area contributed by atoms with Crippen LogP contribution in [0, 0.1) is 11.3 Å². The first-order valence-corrected chi connectivity index (χ1v) is 8.63. The molecule has 132 valence electrons. The van der Waals surface area contributed by atoms with Crippen LogP contribution in [0.4, 0.5) is 5.69 Å².